The smallest absolute Gasteiger partial charge is 0.317 e. The van der Waals surface area contributed by atoms with Gasteiger partial charge in [0, 0.05) is 39.3 Å². The van der Waals surface area contributed by atoms with Crippen molar-refractivity contribution < 1.29 is 19.4 Å². The predicted molar refractivity (Wildman–Crippen MR) is 71.0 cm³/mol. The van der Waals surface area contributed by atoms with Gasteiger partial charge in [-0.15, -0.1) is 0 Å². The Kier molecular flexibility index (Phi) is 6.62. The summed E-state index contributed by atoms with van der Waals surface area (Å²) in [4.78, 5) is 23.9. The van der Waals surface area contributed by atoms with Crippen LogP contribution in [0.15, 0.2) is 0 Å². The second kappa shape index (κ2) is 7.99. The summed E-state index contributed by atoms with van der Waals surface area (Å²) in [5.41, 5.74) is 0. The molecular weight excluding hydrogens is 248 g/mol. The Morgan fingerprint density at radius 1 is 1.42 bits per heavy atom. The minimum absolute atomic E-state index is 0.0904. The van der Waals surface area contributed by atoms with Crippen molar-refractivity contribution in [2.45, 2.75) is 38.6 Å². The number of aliphatic carboxylic acids is 1. The number of nitrogens with one attached hydrogen (secondary N) is 1. The molecule has 1 fully saturated rings. The molecule has 0 aromatic rings. The summed E-state index contributed by atoms with van der Waals surface area (Å²) in [6.07, 6.45) is 2.52. The molecule has 0 spiro atoms. The number of carboxylic acids is 1. The fourth-order valence-corrected chi connectivity index (χ4v) is 2.21. The Morgan fingerprint density at radius 3 is 2.63 bits per heavy atom. The summed E-state index contributed by atoms with van der Waals surface area (Å²) >= 11 is 0. The molecule has 2 amide bonds. The van der Waals surface area contributed by atoms with Crippen LogP contribution in [0.4, 0.5) is 4.79 Å². The number of rotatable bonds is 6. The Morgan fingerprint density at radius 2 is 2.05 bits per heavy atom. The first kappa shape index (κ1) is 15.8. The fourth-order valence-electron chi connectivity index (χ4n) is 2.21. The number of hydrogen-bond acceptors (Lipinski definition) is 3. The molecule has 1 saturated heterocycles. The van der Waals surface area contributed by atoms with Crippen molar-refractivity contribution in [3.63, 3.8) is 0 Å². The van der Waals surface area contributed by atoms with Crippen LogP contribution in [0.2, 0.25) is 0 Å². The highest BCUT2D eigenvalue weighted by molar-refractivity contribution is 5.74. The van der Waals surface area contributed by atoms with Crippen LogP contribution in [-0.4, -0.2) is 54.9 Å². The standard InChI is InChI=1S/C13H24N2O4/c1-10(11-5-8-19-9-6-11)14-13(18)15(2)7-3-4-12(16)17/h10-11H,3-9H2,1-2H3,(H,14,18)(H,16,17). The zero-order valence-electron chi connectivity index (χ0n) is 11.7. The summed E-state index contributed by atoms with van der Waals surface area (Å²) in [5.74, 6) is -0.366. The molecule has 0 radical (unpaired) electrons. The number of amides is 2. The van der Waals surface area contributed by atoms with E-state index in [1.165, 1.54) is 0 Å². The van der Waals surface area contributed by atoms with Gasteiger partial charge in [0.15, 0.2) is 0 Å². The van der Waals surface area contributed by atoms with Gasteiger partial charge in [0.2, 0.25) is 0 Å². The SMILES string of the molecule is CC(NC(=O)N(C)CCCC(=O)O)C1CCOCC1. The van der Waals surface area contributed by atoms with Crippen LogP contribution in [0, 0.1) is 5.92 Å². The molecule has 0 bridgehead atoms. The number of carbonyl (C=O) groups is 2. The molecule has 0 aromatic heterocycles. The average Bonchev–Trinajstić information content (AvgIpc) is 2.39. The first-order chi connectivity index (χ1) is 9.00. The summed E-state index contributed by atoms with van der Waals surface area (Å²) in [6.45, 7) is 4.00. The van der Waals surface area contributed by atoms with Crippen molar-refractivity contribution in [2.24, 2.45) is 5.92 Å². The molecule has 1 aliphatic heterocycles. The van der Waals surface area contributed by atoms with Gasteiger partial charge in [0.25, 0.3) is 0 Å². The maximum atomic E-state index is 11.9. The van der Waals surface area contributed by atoms with E-state index in [2.05, 4.69) is 5.32 Å². The molecule has 1 aliphatic rings. The zero-order valence-corrected chi connectivity index (χ0v) is 11.7. The van der Waals surface area contributed by atoms with E-state index in [0.717, 1.165) is 26.1 Å². The van der Waals surface area contributed by atoms with E-state index in [1.807, 2.05) is 6.92 Å². The van der Waals surface area contributed by atoms with E-state index >= 15 is 0 Å². The van der Waals surface area contributed by atoms with Gasteiger partial charge in [0.05, 0.1) is 0 Å². The second-order valence-corrected chi connectivity index (χ2v) is 5.11. The van der Waals surface area contributed by atoms with E-state index in [0.29, 0.717) is 18.9 Å². The first-order valence-electron chi connectivity index (χ1n) is 6.82. The molecule has 0 saturated carbocycles. The van der Waals surface area contributed by atoms with Crippen molar-refractivity contribution in [3.8, 4) is 0 Å². The minimum atomic E-state index is -0.829. The Balaban J connectivity index is 2.26. The zero-order chi connectivity index (χ0) is 14.3. The molecule has 1 unspecified atom stereocenters. The number of nitrogens with zero attached hydrogens (tertiary/aromatic N) is 1. The lowest BCUT2D eigenvalue weighted by molar-refractivity contribution is -0.137. The van der Waals surface area contributed by atoms with E-state index < -0.39 is 5.97 Å². The molecule has 1 atom stereocenters. The Labute approximate surface area is 114 Å². The third-order valence-corrected chi connectivity index (χ3v) is 3.56. The normalized spacial score (nSPS) is 17.8. The molecular formula is C13H24N2O4. The quantitative estimate of drug-likeness (QED) is 0.764. The van der Waals surface area contributed by atoms with E-state index in [1.54, 1.807) is 11.9 Å². The largest absolute Gasteiger partial charge is 0.481 e. The average molecular weight is 272 g/mol. The number of hydrogen-bond donors (Lipinski definition) is 2. The van der Waals surface area contributed by atoms with Crippen LogP contribution in [-0.2, 0) is 9.53 Å². The number of carboxylic acid groups (broad SMARTS) is 1. The maximum absolute atomic E-state index is 11.9. The second-order valence-electron chi connectivity index (χ2n) is 5.11. The lowest BCUT2D eigenvalue weighted by Gasteiger charge is -2.30. The third-order valence-electron chi connectivity index (χ3n) is 3.56. The van der Waals surface area contributed by atoms with Gasteiger partial charge in [-0.2, -0.15) is 0 Å². The van der Waals surface area contributed by atoms with Crippen LogP contribution in [0.25, 0.3) is 0 Å². The highest BCUT2D eigenvalue weighted by Crippen LogP contribution is 2.18. The highest BCUT2D eigenvalue weighted by Gasteiger charge is 2.22. The van der Waals surface area contributed by atoms with E-state index in [9.17, 15) is 9.59 Å². The van der Waals surface area contributed by atoms with Crippen molar-refractivity contribution in [3.05, 3.63) is 0 Å². The van der Waals surface area contributed by atoms with Crippen molar-refractivity contribution in [2.75, 3.05) is 26.8 Å². The number of urea groups is 1. The molecule has 110 valence electrons. The fraction of sp³-hybridized carbons (Fsp3) is 0.846. The summed E-state index contributed by atoms with van der Waals surface area (Å²) in [6, 6.07) is -0.0114. The van der Waals surface area contributed by atoms with Crippen molar-refractivity contribution >= 4 is 12.0 Å². The van der Waals surface area contributed by atoms with Gasteiger partial charge < -0.3 is 20.1 Å². The van der Waals surface area contributed by atoms with Crippen LogP contribution < -0.4 is 5.32 Å². The molecule has 19 heavy (non-hydrogen) atoms. The number of carbonyl (C=O) groups excluding carboxylic acids is 1. The first-order valence-corrected chi connectivity index (χ1v) is 6.82. The van der Waals surface area contributed by atoms with Crippen LogP contribution >= 0.6 is 0 Å². The highest BCUT2D eigenvalue weighted by atomic mass is 16.5. The maximum Gasteiger partial charge on any atom is 0.317 e. The van der Waals surface area contributed by atoms with E-state index in [4.69, 9.17) is 9.84 Å². The molecule has 0 aromatic carbocycles. The van der Waals surface area contributed by atoms with Crippen LogP contribution in [0.5, 0.6) is 0 Å². The number of ether oxygens (including phenoxy) is 1. The molecule has 1 rings (SSSR count). The topological polar surface area (TPSA) is 78.9 Å². The van der Waals surface area contributed by atoms with Crippen LogP contribution in [0.1, 0.15) is 32.6 Å². The minimum Gasteiger partial charge on any atom is -0.481 e. The lowest BCUT2D eigenvalue weighted by atomic mass is 9.93. The summed E-state index contributed by atoms with van der Waals surface area (Å²) < 4.78 is 5.30. The van der Waals surface area contributed by atoms with Gasteiger partial charge in [-0.05, 0) is 32.1 Å². The molecule has 6 nitrogen and oxygen atoms in total. The third kappa shape index (κ3) is 5.92. The van der Waals surface area contributed by atoms with Gasteiger partial charge in [-0.1, -0.05) is 0 Å². The molecule has 0 aliphatic carbocycles. The molecule has 1 heterocycles. The van der Waals surface area contributed by atoms with Crippen LogP contribution in [0.3, 0.4) is 0 Å². The monoisotopic (exact) mass is 272 g/mol. The van der Waals surface area contributed by atoms with Gasteiger partial charge in [0.1, 0.15) is 0 Å². The van der Waals surface area contributed by atoms with E-state index in [-0.39, 0.29) is 18.5 Å². The molecule has 2 N–H and O–H groups in total. The predicted octanol–water partition coefficient (Wildman–Crippen LogP) is 1.31. The molecule has 6 heteroatoms. The van der Waals surface area contributed by atoms with Gasteiger partial charge >= 0.3 is 12.0 Å². The van der Waals surface area contributed by atoms with Crippen molar-refractivity contribution in [1.82, 2.24) is 10.2 Å². The Hall–Kier alpha value is -1.30. The van der Waals surface area contributed by atoms with Gasteiger partial charge in [-0.25, -0.2) is 4.79 Å². The van der Waals surface area contributed by atoms with Gasteiger partial charge in [-0.3, -0.25) is 4.79 Å². The van der Waals surface area contributed by atoms with Crippen molar-refractivity contribution in [1.29, 1.82) is 0 Å². The Bertz CT molecular complexity index is 303. The summed E-state index contributed by atoms with van der Waals surface area (Å²) in [7, 11) is 1.69. The summed E-state index contributed by atoms with van der Waals surface area (Å²) in [5, 5.41) is 11.5. The lowest BCUT2D eigenvalue weighted by Crippen LogP contribution is -2.46.